The Morgan fingerprint density at radius 3 is 2.65 bits per heavy atom. The van der Waals surface area contributed by atoms with Gasteiger partial charge in [-0.2, -0.15) is 0 Å². The summed E-state index contributed by atoms with van der Waals surface area (Å²) in [6.07, 6.45) is 3.29. The maximum atomic E-state index is 12.9. The molecule has 0 aromatic carbocycles. The van der Waals surface area contributed by atoms with Crippen molar-refractivity contribution in [1.29, 1.82) is 0 Å². The molecule has 2 atom stereocenters. The predicted octanol–water partition coefficient (Wildman–Crippen LogP) is 2.09. The van der Waals surface area contributed by atoms with E-state index in [0.717, 1.165) is 25.0 Å². The summed E-state index contributed by atoms with van der Waals surface area (Å²) < 4.78 is 0. The number of carbonyl (C=O) groups excluding carboxylic acids is 2. The van der Waals surface area contributed by atoms with Crippen LogP contribution in [0.25, 0.3) is 0 Å². The van der Waals surface area contributed by atoms with Crippen LogP contribution in [0, 0.1) is 5.41 Å². The Hall–Kier alpha value is -0.460. The molecule has 2 rings (SSSR count). The van der Waals surface area contributed by atoms with Gasteiger partial charge in [-0.1, -0.05) is 27.2 Å². The number of thioether (sulfide) groups is 1. The highest BCUT2D eigenvalue weighted by atomic mass is 35.5. The fourth-order valence-corrected chi connectivity index (χ4v) is 4.31. The van der Waals surface area contributed by atoms with Crippen LogP contribution in [0.1, 0.15) is 46.5 Å². The molecule has 0 bridgehead atoms. The van der Waals surface area contributed by atoms with Gasteiger partial charge in [0.25, 0.3) is 0 Å². The van der Waals surface area contributed by atoms with Gasteiger partial charge in [-0.15, -0.1) is 24.2 Å². The molecule has 2 fully saturated rings. The molecule has 2 amide bonds. The van der Waals surface area contributed by atoms with Crippen LogP contribution in [0.5, 0.6) is 0 Å². The number of nitrogens with two attached hydrogens (primary N) is 1. The number of likely N-dealkylation sites (tertiary alicyclic amines) is 1. The average Bonchev–Trinajstić information content (AvgIpc) is 2.96. The smallest absolute Gasteiger partial charge is 0.246 e. The van der Waals surface area contributed by atoms with Crippen LogP contribution in [0.2, 0.25) is 0 Å². The zero-order valence-electron chi connectivity index (χ0n) is 14.4. The average molecular weight is 364 g/mol. The lowest BCUT2D eigenvalue weighted by Crippen LogP contribution is -2.58. The number of hydrogen-bond acceptors (Lipinski definition) is 4. The Kier molecular flexibility index (Phi) is 7.68. The molecule has 23 heavy (non-hydrogen) atoms. The van der Waals surface area contributed by atoms with E-state index in [1.54, 1.807) is 16.7 Å². The number of halogens is 1. The highest BCUT2D eigenvalue weighted by Gasteiger charge is 2.41. The molecule has 2 unspecified atom stereocenters. The van der Waals surface area contributed by atoms with E-state index < -0.39 is 0 Å². The first kappa shape index (κ1) is 20.6. The molecule has 0 spiro atoms. The van der Waals surface area contributed by atoms with Gasteiger partial charge in [-0.25, -0.2) is 0 Å². The Morgan fingerprint density at radius 2 is 2.04 bits per heavy atom. The molecule has 0 aromatic heterocycles. The van der Waals surface area contributed by atoms with Crippen molar-refractivity contribution in [3.63, 3.8) is 0 Å². The van der Waals surface area contributed by atoms with E-state index in [-0.39, 0.29) is 41.7 Å². The maximum absolute atomic E-state index is 12.9. The van der Waals surface area contributed by atoms with E-state index in [1.165, 1.54) is 0 Å². The lowest BCUT2D eigenvalue weighted by Gasteiger charge is -2.43. The van der Waals surface area contributed by atoms with Gasteiger partial charge in [0.05, 0.1) is 5.88 Å². The van der Waals surface area contributed by atoms with Crippen molar-refractivity contribution < 1.29 is 9.59 Å². The Bertz CT molecular complexity index is 434. The van der Waals surface area contributed by atoms with E-state index in [4.69, 9.17) is 5.73 Å². The van der Waals surface area contributed by atoms with Crippen molar-refractivity contribution in [3.05, 3.63) is 0 Å². The molecule has 2 N–H and O–H groups in total. The molecule has 0 aliphatic carbocycles. The van der Waals surface area contributed by atoms with Gasteiger partial charge in [0.2, 0.25) is 11.8 Å². The maximum Gasteiger partial charge on any atom is 0.246 e. The molecule has 2 heterocycles. The van der Waals surface area contributed by atoms with Crippen LogP contribution in [0.3, 0.4) is 0 Å². The Balaban J connectivity index is 0.00000264. The first-order chi connectivity index (χ1) is 10.4. The third-order valence-electron chi connectivity index (χ3n) is 4.86. The third kappa shape index (κ3) is 4.77. The highest BCUT2D eigenvalue weighted by Crippen LogP contribution is 2.30. The van der Waals surface area contributed by atoms with E-state index >= 15 is 0 Å². The standard InChI is InChI=1S/C16H29N3O2S.ClH/c1-4-5-6-14(20)19-11-22-9-12(19)15(21)18-8-7-13(17)16(2,3)10-18;/h12-13H,4-11,17H2,1-3H3;1H. The van der Waals surface area contributed by atoms with Crippen molar-refractivity contribution >= 4 is 36.0 Å². The topological polar surface area (TPSA) is 66.6 Å². The lowest BCUT2D eigenvalue weighted by atomic mass is 9.79. The van der Waals surface area contributed by atoms with Crippen LogP contribution in [-0.2, 0) is 9.59 Å². The molecule has 2 aliphatic heterocycles. The van der Waals surface area contributed by atoms with E-state index in [9.17, 15) is 9.59 Å². The number of nitrogens with zero attached hydrogens (tertiary/aromatic N) is 2. The van der Waals surface area contributed by atoms with Crippen LogP contribution in [-0.4, -0.2) is 58.4 Å². The number of amides is 2. The van der Waals surface area contributed by atoms with E-state index in [2.05, 4.69) is 20.8 Å². The quantitative estimate of drug-likeness (QED) is 0.830. The molecule has 0 saturated carbocycles. The summed E-state index contributed by atoms with van der Waals surface area (Å²) in [5.74, 6) is 1.60. The fraction of sp³-hybridized carbons (Fsp3) is 0.875. The first-order valence-electron chi connectivity index (χ1n) is 8.28. The summed E-state index contributed by atoms with van der Waals surface area (Å²) in [5, 5.41) is 0. The Labute approximate surface area is 150 Å². The molecular formula is C16H30ClN3O2S. The second-order valence-electron chi connectivity index (χ2n) is 7.13. The summed E-state index contributed by atoms with van der Waals surface area (Å²) >= 11 is 1.68. The van der Waals surface area contributed by atoms with Crippen LogP contribution in [0.4, 0.5) is 0 Å². The zero-order valence-corrected chi connectivity index (χ0v) is 16.0. The van der Waals surface area contributed by atoms with Gasteiger partial charge in [0, 0.05) is 31.3 Å². The van der Waals surface area contributed by atoms with Crippen LogP contribution in [0.15, 0.2) is 0 Å². The lowest BCUT2D eigenvalue weighted by molar-refractivity contribution is -0.145. The minimum Gasteiger partial charge on any atom is -0.340 e. The summed E-state index contributed by atoms with van der Waals surface area (Å²) in [6, 6.07) is -0.142. The normalized spacial score (nSPS) is 26.8. The van der Waals surface area contributed by atoms with Crippen molar-refractivity contribution in [2.24, 2.45) is 11.1 Å². The second kappa shape index (κ2) is 8.58. The van der Waals surface area contributed by atoms with Crippen molar-refractivity contribution in [3.8, 4) is 0 Å². The fourth-order valence-electron chi connectivity index (χ4n) is 3.14. The van der Waals surface area contributed by atoms with Gasteiger partial charge in [-0.3, -0.25) is 9.59 Å². The summed E-state index contributed by atoms with van der Waals surface area (Å²) in [4.78, 5) is 28.9. The molecule has 134 valence electrons. The zero-order chi connectivity index (χ0) is 16.3. The first-order valence-corrected chi connectivity index (χ1v) is 9.44. The summed E-state index contributed by atoms with van der Waals surface area (Å²) in [6.45, 7) is 7.70. The highest BCUT2D eigenvalue weighted by molar-refractivity contribution is 7.99. The van der Waals surface area contributed by atoms with Crippen LogP contribution >= 0.6 is 24.2 Å². The SMILES string of the molecule is CCCCC(=O)N1CSCC1C(=O)N1CCC(N)C(C)(C)C1.Cl. The van der Waals surface area contributed by atoms with Gasteiger partial charge >= 0.3 is 0 Å². The molecular weight excluding hydrogens is 334 g/mol. The van der Waals surface area contributed by atoms with Gasteiger partial charge < -0.3 is 15.5 Å². The van der Waals surface area contributed by atoms with Gasteiger partial charge in [0.15, 0.2) is 0 Å². The van der Waals surface area contributed by atoms with Crippen molar-refractivity contribution in [2.75, 3.05) is 24.7 Å². The minimum atomic E-state index is -0.278. The molecule has 7 heteroatoms. The van der Waals surface area contributed by atoms with Gasteiger partial charge in [-0.05, 0) is 18.3 Å². The molecule has 0 aromatic rings. The monoisotopic (exact) mass is 363 g/mol. The summed E-state index contributed by atoms with van der Waals surface area (Å²) in [7, 11) is 0. The molecule has 2 aliphatic rings. The number of carbonyl (C=O) groups is 2. The minimum absolute atomic E-state index is 0. The molecule has 2 saturated heterocycles. The number of piperidine rings is 1. The number of unbranched alkanes of at least 4 members (excludes halogenated alkanes) is 1. The number of rotatable bonds is 4. The summed E-state index contributed by atoms with van der Waals surface area (Å²) in [5.41, 5.74) is 6.09. The van der Waals surface area contributed by atoms with Crippen molar-refractivity contribution in [1.82, 2.24) is 9.80 Å². The van der Waals surface area contributed by atoms with E-state index in [1.807, 2.05) is 4.90 Å². The van der Waals surface area contributed by atoms with Crippen LogP contribution < -0.4 is 5.73 Å². The molecule has 0 radical (unpaired) electrons. The Morgan fingerprint density at radius 1 is 1.35 bits per heavy atom. The largest absolute Gasteiger partial charge is 0.340 e. The second-order valence-corrected chi connectivity index (χ2v) is 8.13. The molecule has 5 nitrogen and oxygen atoms in total. The van der Waals surface area contributed by atoms with Crippen molar-refractivity contribution in [2.45, 2.75) is 58.5 Å². The van der Waals surface area contributed by atoms with E-state index in [0.29, 0.717) is 25.4 Å². The van der Waals surface area contributed by atoms with Gasteiger partial charge in [0.1, 0.15) is 6.04 Å². The predicted molar refractivity (Wildman–Crippen MR) is 97.7 cm³/mol. The third-order valence-corrected chi connectivity index (χ3v) is 5.87. The number of hydrogen-bond donors (Lipinski definition) is 1.